The average Bonchev–Trinajstić information content (AvgIpc) is 2.42. The highest BCUT2D eigenvalue weighted by Gasteiger charge is 2.20. The van der Waals surface area contributed by atoms with Crippen molar-refractivity contribution in [1.29, 1.82) is 0 Å². The fraction of sp³-hybridized carbons (Fsp3) is 0.250. The Balaban J connectivity index is 2.15. The van der Waals surface area contributed by atoms with Gasteiger partial charge in [0.2, 0.25) is 0 Å². The molecule has 0 aliphatic rings. The zero-order valence-electron chi connectivity index (χ0n) is 11.2. The predicted octanol–water partition coefficient (Wildman–Crippen LogP) is 4.08. The standard InChI is InChI=1S/C16H17ClFNO/c1-11(19)16(13-7-3-5-9-15(13)18)20-10-12-6-2-4-8-14(12)17/h2-9,11,16H,10,19H2,1H3. The summed E-state index contributed by atoms with van der Waals surface area (Å²) in [6.07, 6.45) is -0.507. The zero-order chi connectivity index (χ0) is 14.5. The molecule has 2 aromatic rings. The van der Waals surface area contributed by atoms with Crippen LogP contribution in [-0.2, 0) is 11.3 Å². The molecule has 4 heteroatoms. The third-order valence-electron chi connectivity index (χ3n) is 3.07. The van der Waals surface area contributed by atoms with Crippen LogP contribution in [-0.4, -0.2) is 6.04 Å². The van der Waals surface area contributed by atoms with Gasteiger partial charge >= 0.3 is 0 Å². The van der Waals surface area contributed by atoms with Gasteiger partial charge in [0.05, 0.1) is 6.61 Å². The molecule has 0 saturated carbocycles. The molecular weight excluding hydrogens is 277 g/mol. The van der Waals surface area contributed by atoms with E-state index in [1.807, 2.05) is 18.2 Å². The van der Waals surface area contributed by atoms with E-state index < -0.39 is 6.10 Å². The molecule has 0 fully saturated rings. The second kappa shape index (κ2) is 6.84. The number of hydrogen-bond donors (Lipinski definition) is 1. The third-order valence-corrected chi connectivity index (χ3v) is 3.43. The number of benzene rings is 2. The summed E-state index contributed by atoms with van der Waals surface area (Å²) in [6.45, 7) is 2.09. The van der Waals surface area contributed by atoms with Gasteiger partial charge in [-0.2, -0.15) is 0 Å². The summed E-state index contributed by atoms with van der Waals surface area (Å²) in [5.41, 5.74) is 7.24. The highest BCUT2D eigenvalue weighted by molar-refractivity contribution is 6.31. The molecule has 2 rings (SSSR count). The van der Waals surface area contributed by atoms with E-state index in [0.29, 0.717) is 17.2 Å². The molecule has 0 spiro atoms. The summed E-state index contributed by atoms with van der Waals surface area (Å²) in [4.78, 5) is 0. The maximum Gasteiger partial charge on any atom is 0.129 e. The first-order valence-electron chi connectivity index (χ1n) is 6.44. The van der Waals surface area contributed by atoms with Gasteiger partial charge in [-0.15, -0.1) is 0 Å². The van der Waals surface area contributed by atoms with Crippen molar-refractivity contribution in [3.8, 4) is 0 Å². The van der Waals surface area contributed by atoms with E-state index in [1.165, 1.54) is 6.07 Å². The lowest BCUT2D eigenvalue weighted by Gasteiger charge is -2.22. The molecule has 0 radical (unpaired) electrons. The molecule has 2 N–H and O–H groups in total. The van der Waals surface area contributed by atoms with Crippen LogP contribution < -0.4 is 5.73 Å². The van der Waals surface area contributed by atoms with Crippen molar-refractivity contribution < 1.29 is 9.13 Å². The van der Waals surface area contributed by atoms with Gasteiger partial charge < -0.3 is 10.5 Å². The molecule has 2 atom stereocenters. The first kappa shape index (κ1) is 15.0. The van der Waals surface area contributed by atoms with Gasteiger partial charge in [-0.1, -0.05) is 48.0 Å². The molecule has 2 aromatic carbocycles. The fourth-order valence-corrected chi connectivity index (χ4v) is 2.22. The van der Waals surface area contributed by atoms with Gasteiger partial charge in [-0.25, -0.2) is 4.39 Å². The van der Waals surface area contributed by atoms with Crippen molar-refractivity contribution in [2.24, 2.45) is 5.73 Å². The Bertz CT molecular complexity index is 574. The summed E-state index contributed by atoms with van der Waals surface area (Å²) in [5, 5.41) is 0.629. The van der Waals surface area contributed by atoms with Gasteiger partial charge in [0.1, 0.15) is 11.9 Å². The van der Waals surface area contributed by atoms with Crippen molar-refractivity contribution >= 4 is 11.6 Å². The van der Waals surface area contributed by atoms with Crippen molar-refractivity contribution in [3.63, 3.8) is 0 Å². The van der Waals surface area contributed by atoms with E-state index in [4.69, 9.17) is 22.1 Å². The molecule has 2 nitrogen and oxygen atoms in total. The summed E-state index contributed by atoms with van der Waals surface area (Å²) >= 11 is 6.08. The van der Waals surface area contributed by atoms with E-state index in [-0.39, 0.29) is 11.9 Å². The number of nitrogens with two attached hydrogens (primary N) is 1. The van der Waals surface area contributed by atoms with Crippen LogP contribution in [0.1, 0.15) is 24.2 Å². The predicted molar refractivity (Wildman–Crippen MR) is 79.0 cm³/mol. The van der Waals surface area contributed by atoms with Crippen LogP contribution in [0.4, 0.5) is 4.39 Å². The number of ether oxygens (including phenoxy) is 1. The van der Waals surface area contributed by atoms with E-state index in [0.717, 1.165) is 5.56 Å². The lowest BCUT2D eigenvalue weighted by Crippen LogP contribution is -2.27. The molecule has 106 valence electrons. The minimum atomic E-state index is -0.507. The smallest absolute Gasteiger partial charge is 0.129 e. The van der Waals surface area contributed by atoms with Gasteiger partial charge in [0.25, 0.3) is 0 Å². The van der Waals surface area contributed by atoms with Crippen molar-refractivity contribution in [1.82, 2.24) is 0 Å². The highest BCUT2D eigenvalue weighted by atomic mass is 35.5. The summed E-state index contributed by atoms with van der Waals surface area (Å²) in [6, 6.07) is 13.6. The lowest BCUT2D eigenvalue weighted by atomic mass is 10.0. The second-order valence-electron chi connectivity index (χ2n) is 4.70. The van der Waals surface area contributed by atoms with Crippen molar-refractivity contribution in [2.45, 2.75) is 25.7 Å². The lowest BCUT2D eigenvalue weighted by molar-refractivity contribution is 0.0237. The Morgan fingerprint density at radius 3 is 2.45 bits per heavy atom. The monoisotopic (exact) mass is 293 g/mol. The summed E-state index contributed by atoms with van der Waals surface area (Å²) < 4.78 is 19.6. The van der Waals surface area contributed by atoms with Crippen LogP contribution in [0, 0.1) is 5.82 Å². The molecule has 20 heavy (non-hydrogen) atoms. The molecule has 2 unspecified atom stereocenters. The number of halogens is 2. The quantitative estimate of drug-likeness (QED) is 0.901. The molecular formula is C16H17ClFNO. The zero-order valence-corrected chi connectivity index (χ0v) is 12.0. The molecule has 0 aliphatic carbocycles. The van der Waals surface area contributed by atoms with Crippen LogP contribution in [0.2, 0.25) is 5.02 Å². The maximum atomic E-state index is 13.8. The van der Waals surface area contributed by atoms with Crippen LogP contribution in [0.25, 0.3) is 0 Å². The Kier molecular flexibility index (Phi) is 5.12. The van der Waals surface area contributed by atoms with Gasteiger partial charge in [-0.3, -0.25) is 0 Å². The molecule has 0 saturated heterocycles. The highest BCUT2D eigenvalue weighted by Crippen LogP contribution is 2.26. The van der Waals surface area contributed by atoms with Gasteiger partial charge in [-0.05, 0) is 24.6 Å². The van der Waals surface area contributed by atoms with E-state index >= 15 is 0 Å². The molecule has 0 aromatic heterocycles. The van der Waals surface area contributed by atoms with E-state index in [9.17, 15) is 4.39 Å². The molecule has 0 aliphatic heterocycles. The van der Waals surface area contributed by atoms with Crippen LogP contribution in [0.15, 0.2) is 48.5 Å². The SMILES string of the molecule is CC(N)C(OCc1ccccc1Cl)c1ccccc1F. The number of rotatable bonds is 5. The second-order valence-corrected chi connectivity index (χ2v) is 5.11. The number of hydrogen-bond acceptors (Lipinski definition) is 2. The normalized spacial score (nSPS) is 14.0. The first-order valence-corrected chi connectivity index (χ1v) is 6.82. The summed E-state index contributed by atoms with van der Waals surface area (Å²) in [5.74, 6) is -0.311. The van der Waals surface area contributed by atoms with Crippen LogP contribution in [0.3, 0.4) is 0 Å². The molecule has 0 heterocycles. The van der Waals surface area contributed by atoms with Gasteiger partial charge in [0.15, 0.2) is 0 Å². The fourth-order valence-electron chi connectivity index (χ4n) is 2.03. The topological polar surface area (TPSA) is 35.2 Å². The maximum absolute atomic E-state index is 13.8. The molecule has 0 amide bonds. The van der Waals surface area contributed by atoms with E-state index in [1.54, 1.807) is 31.2 Å². The van der Waals surface area contributed by atoms with Crippen LogP contribution >= 0.6 is 11.6 Å². The van der Waals surface area contributed by atoms with Crippen LogP contribution in [0.5, 0.6) is 0 Å². The van der Waals surface area contributed by atoms with Crippen molar-refractivity contribution in [3.05, 3.63) is 70.5 Å². The van der Waals surface area contributed by atoms with Crippen molar-refractivity contribution in [2.75, 3.05) is 0 Å². The molecule has 0 bridgehead atoms. The largest absolute Gasteiger partial charge is 0.367 e. The Morgan fingerprint density at radius 2 is 1.80 bits per heavy atom. The first-order chi connectivity index (χ1) is 9.59. The minimum Gasteiger partial charge on any atom is -0.367 e. The van der Waals surface area contributed by atoms with Gasteiger partial charge in [0, 0.05) is 16.6 Å². The summed E-state index contributed by atoms with van der Waals surface area (Å²) in [7, 11) is 0. The third kappa shape index (κ3) is 3.57. The minimum absolute atomic E-state index is 0.292. The average molecular weight is 294 g/mol. The van der Waals surface area contributed by atoms with E-state index in [2.05, 4.69) is 0 Å². The Labute approximate surface area is 123 Å². The Hall–Kier alpha value is -1.42. The Morgan fingerprint density at radius 1 is 1.15 bits per heavy atom.